The third-order valence-electron chi connectivity index (χ3n) is 12.2. The standard InChI is InChI=1S/C54H104O6/c1-6-7-8-32-39-44-52(55)58-47-51(48-59-53(56)45-40-35-30-26-22-18-15-11-13-17-21-25-29-34-38-43-50(4)5)60-54(57)46-41-36-31-27-23-19-14-10-9-12-16-20-24-28-33-37-42-49(2)3/h49-51H,6-48H2,1-5H3/t51-/m1/s1. The summed E-state index contributed by atoms with van der Waals surface area (Å²) in [6.45, 7) is 11.3. The summed E-state index contributed by atoms with van der Waals surface area (Å²) in [5, 5.41) is 0. The van der Waals surface area contributed by atoms with E-state index in [1.54, 1.807) is 0 Å². The van der Waals surface area contributed by atoms with Crippen LogP contribution in [-0.2, 0) is 28.6 Å². The molecule has 0 aliphatic rings. The summed E-state index contributed by atoms with van der Waals surface area (Å²) >= 11 is 0. The summed E-state index contributed by atoms with van der Waals surface area (Å²) in [7, 11) is 0. The van der Waals surface area contributed by atoms with Gasteiger partial charge in [-0.3, -0.25) is 14.4 Å². The third kappa shape index (κ3) is 47.5. The van der Waals surface area contributed by atoms with E-state index < -0.39 is 6.10 Å². The van der Waals surface area contributed by atoms with Crippen molar-refractivity contribution in [3.05, 3.63) is 0 Å². The molecule has 0 fully saturated rings. The highest BCUT2D eigenvalue weighted by Crippen LogP contribution is 2.18. The second-order valence-electron chi connectivity index (χ2n) is 19.5. The van der Waals surface area contributed by atoms with Crippen molar-refractivity contribution in [1.82, 2.24) is 0 Å². The smallest absolute Gasteiger partial charge is 0.306 e. The van der Waals surface area contributed by atoms with Crippen LogP contribution in [0.5, 0.6) is 0 Å². The van der Waals surface area contributed by atoms with E-state index in [0.717, 1.165) is 76.0 Å². The van der Waals surface area contributed by atoms with Crippen LogP contribution in [-0.4, -0.2) is 37.2 Å². The molecule has 60 heavy (non-hydrogen) atoms. The summed E-state index contributed by atoms with van der Waals surface area (Å²) in [5.74, 6) is 0.842. The molecular formula is C54H104O6. The van der Waals surface area contributed by atoms with Crippen LogP contribution in [0.2, 0.25) is 0 Å². The van der Waals surface area contributed by atoms with Gasteiger partial charge in [0.25, 0.3) is 0 Å². The van der Waals surface area contributed by atoms with Crippen LogP contribution >= 0.6 is 0 Å². The van der Waals surface area contributed by atoms with Crippen LogP contribution in [0.25, 0.3) is 0 Å². The molecular weight excluding hydrogens is 745 g/mol. The lowest BCUT2D eigenvalue weighted by molar-refractivity contribution is -0.167. The van der Waals surface area contributed by atoms with Crippen molar-refractivity contribution in [3.8, 4) is 0 Å². The van der Waals surface area contributed by atoms with Gasteiger partial charge < -0.3 is 14.2 Å². The van der Waals surface area contributed by atoms with Crippen molar-refractivity contribution < 1.29 is 28.6 Å². The van der Waals surface area contributed by atoms with Crippen molar-refractivity contribution in [3.63, 3.8) is 0 Å². The summed E-state index contributed by atoms with van der Waals surface area (Å²) < 4.78 is 16.7. The summed E-state index contributed by atoms with van der Waals surface area (Å²) in [4.78, 5) is 37.7. The van der Waals surface area contributed by atoms with E-state index in [4.69, 9.17) is 14.2 Å². The monoisotopic (exact) mass is 849 g/mol. The first-order chi connectivity index (χ1) is 29.2. The van der Waals surface area contributed by atoms with E-state index in [1.165, 1.54) is 180 Å². The van der Waals surface area contributed by atoms with E-state index in [1.807, 2.05) is 0 Å². The first kappa shape index (κ1) is 58.4. The Morgan fingerprint density at radius 2 is 0.550 bits per heavy atom. The number of hydrogen-bond acceptors (Lipinski definition) is 6. The minimum absolute atomic E-state index is 0.0643. The Labute approximate surface area is 374 Å². The van der Waals surface area contributed by atoms with E-state index in [2.05, 4.69) is 34.6 Å². The molecule has 0 aromatic rings. The Balaban J connectivity index is 4.08. The topological polar surface area (TPSA) is 78.9 Å². The molecule has 356 valence electrons. The maximum atomic E-state index is 12.7. The summed E-state index contributed by atoms with van der Waals surface area (Å²) in [6, 6.07) is 0. The zero-order valence-electron chi connectivity index (χ0n) is 41.1. The van der Waals surface area contributed by atoms with Crippen molar-refractivity contribution >= 4 is 17.9 Å². The van der Waals surface area contributed by atoms with Crippen LogP contribution in [0.3, 0.4) is 0 Å². The number of carbonyl (C=O) groups excluding carboxylic acids is 3. The maximum Gasteiger partial charge on any atom is 0.306 e. The summed E-state index contributed by atoms with van der Waals surface area (Å²) in [6.07, 6.45) is 48.4. The average Bonchev–Trinajstić information content (AvgIpc) is 3.22. The molecule has 6 nitrogen and oxygen atoms in total. The highest BCUT2D eigenvalue weighted by Gasteiger charge is 2.19. The lowest BCUT2D eigenvalue weighted by Crippen LogP contribution is -2.30. The highest BCUT2D eigenvalue weighted by atomic mass is 16.6. The van der Waals surface area contributed by atoms with E-state index >= 15 is 0 Å². The number of esters is 3. The van der Waals surface area contributed by atoms with Crippen LogP contribution in [0.4, 0.5) is 0 Å². The van der Waals surface area contributed by atoms with Gasteiger partial charge in [-0.05, 0) is 31.1 Å². The molecule has 0 spiro atoms. The van der Waals surface area contributed by atoms with Gasteiger partial charge in [0.1, 0.15) is 13.2 Å². The normalized spacial score (nSPS) is 12.1. The van der Waals surface area contributed by atoms with Crippen molar-refractivity contribution in [2.75, 3.05) is 13.2 Å². The number of ether oxygens (including phenoxy) is 3. The van der Waals surface area contributed by atoms with Crippen LogP contribution < -0.4 is 0 Å². The van der Waals surface area contributed by atoms with Gasteiger partial charge in [-0.25, -0.2) is 0 Å². The highest BCUT2D eigenvalue weighted by molar-refractivity contribution is 5.71. The number of carbonyl (C=O) groups is 3. The van der Waals surface area contributed by atoms with Gasteiger partial charge in [-0.1, -0.05) is 259 Å². The predicted molar refractivity (Wildman–Crippen MR) is 256 cm³/mol. The molecule has 1 atom stereocenters. The largest absolute Gasteiger partial charge is 0.462 e. The number of unbranched alkanes of at least 4 members (excludes halogenated alkanes) is 33. The second-order valence-corrected chi connectivity index (χ2v) is 19.5. The minimum atomic E-state index is -0.760. The van der Waals surface area contributed by atoms with Gasteiger partial charge in [0, 0.05) is 19.3 Å². The van der Waals surface area contributed by atoms with Crippen molar-refractivity contribution in [2.24, 2.45) is 11.8 Å². The third-order valence-corrected chi connectivity index (χ3v) is 12.2. The Kier molecular flexibility index (Phi) is 45.7. The van der Waals surface area contributed by atoms with E-state index in [9.17, 15) is 14.4 Å². The van der Waals surface area contributed by atoms with Crippen LogP contribution in [0, 0.1) is 11.8 Å². The molecule has 0 aromatic carbocycles. The molecule has 0 aliphatic heterocycles. The molecule has 0 saturated heterocycles. The molecule has 0 unspecified atom stereocenters. The fourth-order valence-corrected chi connectivity index (χ4v) is 8.17. The van der Waals surface area contributed by atoms with Gasteiger partial charge in [0.05, 0.1) is 0 Å². The second kappa shape index (κ2) is 46.9. The molecule has 6 heteroatoms. The molecule has 0 radical (unpaired) electrons. The number of hydrogen-bond donors (Lipinski definition) is 0. The fraction of sp³-hybridized carbons (Fsp3) is 0.944. The van der Waals surface area contributed by atoms with Crippen LogP contribution in [0.1, 0.15) is 298 Å². The predicted octanol–water partition coefficient (Wildman–Crippen LogP) is 17.3. The van der Waals surface area contributed by atoms with Crippen LogP contribution in [0.15, 0.2) is 0 Å². The lowest BCUT2D eigenvalue weighted by atomic mass is 10.0. The maximum absolute atomic E-state index is 12.7. The first-order valence-corrected chi connectivity index (χ1v) is 26.7. The molecule has 0 aliphatic carbocycles. The van der Waals surface area contributed by atoms with E-state index in [-0.39, 0.29) is 31.1 Å². The van der Waals surface area contributed by atoms with Crippen molar-refractivity contribution in [2.45, 2.75) is 304 Å². The van der Waals surface area contributed by atoms with Crippen molar-refractivity contribution in [1.29, 1.82) is 0 Å². The zero-order valence-corrected chi connectivity index (χ0v) is 41.1. The molecule has 0 saturated carbocycles. The number of rotatable bonds is 48. The molecule has 0 amide bonds. The SMILES string of the molecule is CCCCCCCC(=O)OC[C@H](COC(=O)CCCCCCCCCCCCCCCCCC(C)C)OC(=O)CCCCCCCCCCCCCCCCCCC(C)C. The minimum Gasteiger partial charge on any atom is -0.462 e. The van der Waals surface area contributed by atoms with Gasteiger partial charge in [-0.2, -0.15) is 0 Å². The fourth-order valence-electron chi connectivity index (χ4n) is 8.17. The van der Waals surface area contributed by atoms with Gasteiger partial charge >= 0.3 is 17.9 Å². The molecule has 0 heterocycles. The molecule has 0 rings (SSSR count). The zero-order chi connectivity index (χ0) is 44.0. The quantitative estimate of drug-likeness (QED) is 0.0345. The molecule has 0 aromatic heterocycles. The molecule has 0 bridgehead atoms. The Morgan fingerprint density at radius 3 is 0.817 bits per heavy atom. The van der Waals surface area contributed by atoms with E-state index in [0.29, 0.717) is 19.3 Å². The van der Waals surface area contributed by atoms with Gasteiger partial charge in [-0.15, -0.1) is 0 Å². The van der Waals surface area contributed by atoms with Gasteiger partial charge in [0.2, 0.25) is 0 Å². The Hall–Kier alpha value is -1.59. The summed E-state index contributed by atoms with van der Waals surface area (Å²) in [5.41, 5.74) is 0. The molecule has 0 N–H and O–H groups in total. The lowest BCUT2D eigenvalue weighted by Gasteiger charge is -2.18. The first-order valence-electron chi connectivity index (χ1n) is 26.7. The average molecular weight is 849 g/mol. The Bertz CT molecular complexity index is 916. The van der Waals surface area contributed by atoms with Gasteiger partial charge in [0.15, 0.2) is 6.10 Å². The Morgan fingerprint density at radius 1 is 0.317 bits per heavy atom.